The molecule has 0 saturated heterocycles. The number of benzene rings is 1. The second kappa shape index (κ2) is 4.42. The molecule has 1 aromatic carbocycles. The maximum Gasteiger partial charge on any atom is 0.196 e. The first kappa shape index (κ1) is 11.4. The molecule has 1 aliphatic rings. The predicted octanol–water partition coefficient (Wildman–Crippen LogP) is 2.90. The van der Waals surface area contributed by atoms with E-state index in [0.717, 1.165) is 0 Å². The minimum Gasteiger partial charge on any atom is -0.289 e. The zero-order chi connectivity index (χ0) is 13.1. The fourth-order valence-corrected chi connectivity index (χ4v) is 1.62. The second-order valence-electron chi connectivity index (χ2n) is 3.28. The van der Waals surface area contributed by atoms with E-state index in [1.807, 2.05) is 0 Å². The standard InChI is InChI=1S/C10H4N6O2/c11-15-13-7-8(14-16-12)10(18)6-4-2-1-3-5(6)9(7)17/h1-4H. The van der Waals surface area contributed by atoms with Crippen molar-refractivity contribution in [1.29, 1.82) is 0 Å². The van der Waals surface area contributed by atoms with Crippen LogP contribution >= 0.6 is 0 Å². The van der Waals surface area contributed by atoms with Gasteiger partial charge in [0.25, 0.3) is 0 Å². The van der Waals surface area contributed by atoms with Gasteiger partial charge in [-0.3, -0.25) is 9.59 Å². The predicted molar refractivity (Wildman–Crippen MR) is 60.4 cm³/mol. The maximum atomic E-state index is 12.0. The van der Waals surface area contributed by atoms with Gasteiger partial charge in [-0.25, -0.2) is 0 Å². The van der Waals surface area contributed by atoms with Crippen molar-refractivity contribution in [2.75, 3.05) is 0 Å². The number of Topliss-reactive ketones (excluding diaryl/α,β-unsaturated/α-hetero) is 2. The van der Waals surface area contributed by atoms with Crippen LogP contribution in [-0.4, -0.2) is 11.6 Å². The van der Waals surface area contributed by atoms with Crippen LogP contribution in [0.3, 0.4) is 0 Å². The third-order valence-corrected chi connectivity index (χ3v) is 2.36. The summed E-state index contributed by atoms with van der Waals surface area (Å²) in [7, 11) is 0. The minimum atomic E-state index is -0.634. The van der Waals surface area contributed by atoms with Crippen LogP contribution in [-0.2, 0) is 0 Å². The zero-order valence-electron chi connectivity index (χ0n) is 8.81. The van der Waals surface area contributed by atoms with E-state index < -0.39 is 23.0 Å². The van der Waals surface area contributed by atoms with Gasteiger partial charge in [0.05, 0.1) is 11.4 Å². The molecular formula is C10H4N6O2. The Kier molecular flexibility index (Phi) is 2.80. The number of nitrogens with zero attached hydrogens (tertiary/aromatic N) is 6. The second-order valence-corrected chi connectivity index (χ2v) is 3.28. The molecule has 0 heterocycles. The number of allylic oxidation sites excluding steroid dienone is 2. The summed E-state index contributed by atoms with van der Waals surface area (Å²) in [6, 6.07) is 6.04. The molecule has 0 fully saturated rings. The summed E-state index contributed by atoms with van der Waals surface area (Å²) < 4.78 is 0. The Balaban J connectivity index is 2.79. The van der Waals surface area contributed by atoms with E-state index in [0.29, 0.717) is 0 Å². The summed E-state index contributed by atoms with van der Waals surface area (Å²) in [6.07, 6.45) is 0. The first-order valence-electron chi connectivity index (χ1n) is 4.73. The van der Waals surface area contributed by atoms with Gasteiger partial charge < -0.3 is 0 Å². The quantitative estimate of drug-likeness (QED) is 0.446. The number of hydrogen-bond acceptors (Lipinski definition) is 4. The topological polar surface area (TPSA) is 132 Å². The molecule has 2 rings (SSSR count). The lowest BCUT2D eigenvalue weighted by molar-refractivity contribution is 0.0972. The molecule has 8 heteroatoms. The minimum absolute atomic E-state index is 0.127. The average Bonchev–Trinajstić information content (AvgIpc) is 2.40. The van der Waals surface area contributed by atoms with Gasteiger partial charge in [-0.15, -0.1) is 0 Å². The Bertz CT molecular complexity index is 633. The lowest BCUT2D eigenvalue weighted by atomic mass is 9.91. The van der Waals surface area contributed by atoms with E-state index in [9.17, 15) is 9.59 Å². The Morgan fingerprint density at radius 1 is 0.833 bits per heavy atom. The van der Waals surface area contributed by atoms with Crippen LogP contribution in [0.2, 0.25) is 0 Å². The van der Waals surface area contributed by atoms with Crippen molar-refractivity contribution < 1.29 is 9.59 Å². The first-order chi connectivity index (χ1) is 8.70. The molecule has 0 aromatic heterocycles. The summed E-state index contributed by atoms with van der Waals surface area (Å²) >= 11 is 0. The van der Waals surface area contributed by atoms with Crippen molar-refractivity contribution in [2.24, 2.45) is 10.2 Å². The highest BCUT2D eigenvalue weighted by atomic mass is 16.1. The molecule has 0 atom stereocenters. The Morgan fingerprint density at radius 3 is 1.56 bits per heavy atom. The van der Waals surface area contributed by atoms with E-state index >= 15 is 0 Å². The van der Waals surface area contributed by atoms with Crippen LogP contribution < -0.4 is 0 Å². The summed E-state index contributed by atoms with van der Waals surface area (Å²) in [5.41, 5.74) is 16.1. The lowest BCUT2D eigenvalue weighted by Gasteiger charge is -2.14. The van der Waals surface area contributed by atoms with Crippen LogP contribution in [0, 0.1) is 0 Å². The molecule has 86 valence electrons. The van der Waals surface area contributed by atoms with Crippen molar-refractivity contribution in [3.05, 3.63) is 67.7 Å². The first-order valence-corrected chi connectivity index (χ1v) is 4.73. The summed E-state index contributed by atoms with van der Waals surface area (Å²) in [4.78, 5) is 28.9. The van der Waals surface area contributed by atoms with E-state index in [4.69, 9.17) is 11.1 Å². The molecular weight excluding hydrogens is 236 g/mol. The van der Waals surface area contributed by atoms with Crippen molar-refractivity contribution in [3.63, 3.8) is 0 Å². The summed E-state index contributed by atoms with van der Waals surface area (Å²) in [5, 5.41) is 6.28. The van der Waals surface area contributed by atoms with Gasteiger partial charge >= 0.3 is 0 Å². The number of rotatable bonds is 2. The third-order valence-electron chi connectivity index (χ3n) is 2.36. The van der Waals surface area contributed by atoms with Crippen molar-refractivity contribution in [2.45, 2.75) is 0 Å². The van der Waals surface area contributed by atoms with Gasteiger partial charge in [0.1, 0.15) is 0 Å². The normalized spacial score (nSPS) is 13.6. The zero-order valence-corrected chi connectivity index (χ0v) is 8.81. The molecule has 0 amide bonds. The summed E-state index contributed by atoms with van der Waals surface area (Å²) in [5.74, 6) is -1.27. The molecule has 0 N–H and O–H groups in total. The largest absolute Gasteiger partial charge is 0.289 e. The van der Waals surface area contributed by atoms with Crippen molar-refractivity contribution >= 4 is 11.6 Å². The SMILES string of the molecule is [N-]=[N+]=NC1=C(N=[N+]=[N-])C(=O)c2ccccc2C1=O. The molecule has 0 radical (unpaired) electrons. The van der Waals surface area contributed by atoms with Crippen LogP contribution in [0.25, 0.3) is 20.9 Å². The monoisotopic (exact) mass is 240 g/mol. The molecule has 1 aromatic rings. The molecule has 0 bridgehead atoms. The molecule has 0 aliphatic heterocycles. The molecule has 0 saturated carbocycles. The van der Waals surface area contributed by atoms with Crippen LogP contribution in [0.4, 0.5) is 0 Å². The fourth-order valence-electron chi connectivity index (χ4n) is 1.62. The highest BCUT2D eigenvalue weighted by Gasteiger charge is 2.30. The highest BCUT2D eigenvalue weighted by Crippen LogP contribution is 2.27. The van der Waals surface area contributed by atoms with E-state index in [1.165, 1.54) is 12.1 Å². The highest BCUT2D eigenvalue weighted by molar-refractivity contribution is 6.26. The maximum absolute atomic E-state index is 12.0. The number of ketones is 2. The third kappa shape index (κ3) is 1.60. The van der Waals surface area contributed by atoms with E-state index in [1.54, 1.807) is 12.1 Å². The van der Waals surface area contributed by atoms with Crippen molar-refractivity contribution in [3.8, 4) is 0 Å². The van der Waals surface area contributed by atoms with Crippen LogP contribution in [0.15, 0.2) is 45.9 Å². The van der Waals surface area contributed by atoms with Gasteiger partial charge in [-0.05, 0) is 11.1 Å². The molecule has 0 spiro atoms. The number of azide groups is 2. The van der Waals surface area contributed by atoms with Gasteiger partial charge in [0.2, 0.25) is 0 Å². The summed E-state index contributed by atoms with van der Waals surface area (Å²) in [6.45, 7) is 0. The smallest absolute Gasteiger partial charge is 0.196 e. The number of carbonyl (C=O) groups is 2. The molecule has 8 nitrogen and oxygen atoms in total. The molecule has 1 aliphatic carbocycles. The number of fused-ring (bicyclic) bond motifs is 1. The number of hydrogen-bond donors (Lipinski definition) is 0. The van der Waals surface area contributed by atoms with E-state index in [2.05, 4.69) is 20.1 Å². The Morgan fingerprint density at radius 2 is 1.22 bits per heavy atom. The van der Waals surface area contributed by atoms with Crippen LogP contribution in [0.5, 0.6) is 0 Å². The lowest BCUT2D eigenvalue weighted by Crippen LogP contribution is -2.20. The fraction of sp³-hybridized carbons (Fsp3) is 0. The van der Waals surface area contributed by atoms with Crippen LogP contribution in [0.1, 0.15) is 20.7 Å². The van der Waals surface area contributed by atoms with Crippen molar-refractivity contribution in [1.82, 2.24) is 0 Å². The van der Waals surface area contributed by atoms with E-state index in [-0.39, 0.29) is 11.1 Å². The Hall–Kier alpha value is -3.08. The number of carbonyl (C=O) groups excluding carboxylic acids is 2. The van der Waals surface area contributed by atoms with Gasteiger partial charge in [-0.2, -0.15) is 0 Å². The van der Waals surface area contributed by atoms with Gasteiger partial charge in [0.15, 0.2) is 11.6 Å². The van der Waals surface area contributed by atoms with Gasteiger partial charge in [0, 0.05) is 21.0 Å². The molecule has 18 heavy (non-hydrogen) atoms. The Labute approximate surface area is 99.8 Å². The molecule has 0 unspecified atom stereocenters. The average molecular weight is 240 g/mol. The van der Waals surface area contributed by atoms with Gasteiger partial charge in [-0.1, -0.05) is 34.5 Å².